The predicted octanol–water partition coefficient (Wildman–Crippen LogP) is 4.09. The second-order valence-corrected chi connectivity index (χ2v) is 7.57. The lowest BCUT2D eigenvalue weighted by Gasteiger charge is -2.22. The van der Waals surface area contributed by atoms with Gasteiger partial charge in [-0.15, -0.1) is 0 Å². The number of rotatable bonds is 9. The summed E-state index contributed by atoms with van der Waals surface area (Å²) in [4.78, 5) is 26.8. The van der Waals surface area contributed by atoms with Crippen molar-refractivity contribution < 1.29 is 14.0 Å². The lowest BCUT2D eigenvalue weighted by molar-refractivity contribution is -0.117. The minimum absolute atomic E-state index is 0.0574. The highest BCUT2D eigenvalue weighted by molar-refractivity contribution is 5.97. The van der Waals surface area contributed by atoms with Crippen LogP contribution >= 0.6 is 0 Å². The van der Waals surface area contributed by atoms with Crippen molar-refractivity contribution in [3.63, 3.8) is 0 Å². The zero-order chi connectivity index (χ0) is 23.6. The summed E-state index contributed by atoms with van der Waals surface area (Å²) in [5.41, 5.74) is 3.21. The van der Waals surface area contributed by atoms with Crippen LogP contribution in [0.2, 0.25) is 0 Å². The highest BCUT2D eigenvalue weighted by Gasteiger charge is 2.14. The van der Waals surface area contributed by atoms with Gasteiger partial charge in [0.05, 0.1) is 18.2 Å². The second-order valence-electron chi connectivity index (χ2n) is 7.57. The number of nitrogens with zero attached hydrogens (tertiary/aromatic N) is 2. The molecule has 168 valence electrons. The molecule has 2 N–H and O–H groups in total. The summed E-state index contributed by atoms with van der Waals surface area (Å²) < 4.78 is 13.7. The average molecular weight is 445 g/mol. The molecule has 0 saturated carbocycles. The van der Waals surface area contributed by atoms with Crippen molar-refractivity contribution in [1.29, 1.82) is 5.26 Å². The zero-order valence-corrected chi connectivity index (χ0v) is 18.3. The molecular formula is C26H25FN4O2. The Morgan fingerprint density at radius 3 is 2.39 bits per heavy atom. The van der Waals surface area contributed by atoms with Crippen molar-refractivity contribution in [2.45, 2.75) is 20.0 Å². The molecule has 2 amide bonds. The van der Waals surface area contributed by atoms with E-state index >= 15 is 0 Å². The molecule has 3 aromatic carbocycles. The van der Waals surface area contributed by atoms with Gasteiger partial charge in [0, 0.05) is 30.9 Å². The van der Waals surface area contributed by atoms with E-state index in [9.17, 15) is 14.0 Å². The number of anilines is 1. The predicted molar refractivity (Wildman–Crippen MR) is 125 cm³/mol. The summed E-state index contributed by atoms with van der Waals surface area (Å²) in [5.74, 6) is -0.798. The summed E-state index contributed by atoms with van der Waals surface area (Å²) in [5, 5.41) is 14.6. The van der Waals surface area contributed by atoms with Crippen molar-refractivity contribution in [3.8, 4) is 6.07 Å². The monoisotopic (exact) mass is 444 g/mol. The van der Waals surface area contributed by atoms with Gasteiger partial charge < -0.3 is 10.6 Å². The van der Waals surface area contributed by atoms with Gasteiger partial charge in [-0.05, 0) is 60.5 Å². The maximum absolute atomic E-state index is 13.7. The van der Waals surface area contributed by atoms with E-state index in [1.807, 2.05) is 30.0 Å². The molecule has 0 bridgehead atoms. The molecule has 0 saturated heterocycles. The Bertz CT molecular complexity index is 1160. The van der Waals surface area contributed by atoms with Crippen LogP contribution in [0, 0.1) is 17.1 Å². The van der Waals surface area contributed by atoms with E-state index in [1.54, 1.807) is 42.5 Å². The Balaban J connectivity index is 1.72. The van der Waals surface area contributed by atoms with E-state index in [0.29, 0.717) is 36.4 Å². The fraction of sp³-hybridized carbons (Fsp3) is 0.192. The van der Waals surface area contributed by atoms with Crippen LogP contribution in [0.5, 0.6) is 0 Å². The Morgan fingerprint density at radius 2 is 1.70 bits per heavy atom. The Morgan fingerprint density at radius 1 is 0.970 bits per heavy atom. The SMILES string of the molecule is CCNC(=O)c1cccc(NC(=O)CN(Cc2ccc(C#N)cc2)Cc2cccc(F)c2)c1. The number of carbonyl (C=O) groups excluding carboxylic acids is 2. The van der Waals surface area contributed by atoms with E-state index in [0.717, 1.165) is 11.1 Å². The first-order chi connectivity index (χ1) is 16.0. The molecular weight excluding hydrogens is 419 g/mol. The number of halogens is 1. The molecule has 0 aliphatic rings. The summed E-state index contributed by atoms with van der Waals surface area (Å²) in [6.45, 7) is 3.21. The molecule has 0 aliphatic carbocycles. The molecule has 0 spiro atoms. The van der Waals surface area contributed by atoms with E-state index in [2.05, 4.69) is 16.7 Å². The molecule has 0 atom stereocenters. The number of hydrogen-bond acceptors (Lipinski definition) is 4. The fourth-order valence-corrected chi connectivity index (χ4v) is 3.41. The first-order valence-electron chi connectivity index (χ1n) is 10.6. The van der Waals surface area contributed by atoms with Crippen LogP contribution in [0.15, 0.2) is 72.8 Å². The lowest BCUT2D eigenvalue weighted by atomic mass is 10.1. The minimum Gasteiger partial charge on any atom is -0.352 e. The lowest BCUT2D eigenvalue weighted by Crippen LogP contribution is -2.32. The maximum atomic E-state index is 13.7. The number of nitriles is 1. The van der Waals surface area contributed by atoms with Crippen LogP contribution in [0.1, 0.15) is 34.0 Å². The average Bonchev–Trinajstić information content (AvgIpc) is 2.80. The van der Waals surface area contributed by atoms with Crippen molar-refractivity contribution in [1.82, 2.24) is 10.2 Å². The van der Waals surface area contributed by atoms with Crippen molar-refractivity contribution in [3.05, 3.63) is 101 Å². The number of benzene rings is 3. The van der Waals surface area contributed by atoms with Gasteiger partial charge in [0.25, 0.3) is 5.91 Å². The maximum Gasteiger partial charge on any atom is 0.251 e. The van der Waals surface area contributed by atoms with Gasteiger partial charge >= 0.3 is 0 Å². The number of hydrogen-bond donors (Lipinski definition) is 2. The third kappa shape index (κ3) is 7.27. The third-order valence-corrected chi connectivity index (χ3v) is 4.90. The normalized spacial score (nSPS) is 10.5. The van der Waals surface area contributed by atoms with Gasteiger partial charge in [-0.1, -0.05) is 30.3 Å². The highest BCUT2D eigenvalue weighted by atomic mass is 19.1. The number of amides is 2. The van der Waals surface area contributed by atoms with E-state index in [4.69, 9.17) is 5.26 Å². The first kappa shape index (κ1) is 23.6. The van der Waals surface area contributed by atoms with Crippen molar-refractivity contribution in [2.75, 3.05) is 18.4 Å². The quantitative estimate of drug-likeness (QED) is 0.521. The Kier molecular flexibility index (Phi) is 8.28. The summed E-state index contributed by atoms with van der Waals surface area (Å²) in [6.07, 6.45) is 0. The molecule has 0 heterocycles. The largest absolute Gasteiger partial charge is 0.352 e. The zero-order valence-electron chi connectivity index (χ0n) is 18.3. The van der Waals surface area contributed by atoms with Gasteiger partial charge in [-0.3, -0.25) is 14.5 Å². The fourth-order valence-electron chi connectivity index (χ4n) is 3.41. The molecule has 0 radical (unpaired) electrons. The molecule has 7 heteroatoms. The number of carbonyl (C=O) groups is 2. The van der Waals surface area contributed by atoms with Crippen molar-refractivity contribution in [2.24, 2.45) is 0 Å². The molecule has 0 unspecified atom stereocenters. The van der Waals surface area contributed by atoms with Crippen LogP contribution in [0.25, 0.3) is 0 Å². The van der Waals surface area contributed by atoms with Gasteiger partial charge in [0.1, 0.15) is 5.82 Å². The van der Waals surface area contributed by atoms with E-state index < -0.39 is 0 Å². The molecule has 0 fully saturated rings. The molecule has 0 aromatic heterocycles. The van der Waals surface area contributed by atoms with Crippen LogP contribution < -0.4 is 10.6 Å². The molecule has 3 aromatic rings. The molecule has 33 heavy (non-hydrogen) atoms. The van der Waals surface area contributed by atoms with Gasteiger partial charge in [0.15, 0.2) is 0 Å². The van der Waals surface area contributed by atoms with Crippen LogP contribution in [-0.2, 0) is 17.9 Å². The Hall–Kier alpha value is -4.02. The standard InChI is InChI=1S/C26H25FN4O2/c1-2-29-26(33)22-6-4-8-24(14-22)30-25(32)18-31(17-21-5-3-7-23(27)13-21)16-20-11-9-19(15-28)10-12-20/h3-14H,2,16-18H2,1H3,(H,29,33)(H,30,32). The smallest absolute Gasteiger partial charge is 0.251 e. The molecule has 3 rings (SSSR count). The summed E-state index contributed by atoms with van der Waals surface area (Å²) in [6, 6.07) is 22.2. The molecule has 0 aliphatic heterocycles. The van der Waals surface area contributed by atoms with Gasteiger partial charge in [0.2, 0.25) is 5.91 Å². The Labute approximate surface area is 192 Å². The van der Waals surface area contributed by atoms with Gasteiger partial charge in [-0.2, -0.15) is 5.26 Å². The van der Waals surface area contributed by atoms with Crippen LogP contribution in [-0.4, -0.2) is 29.8 Å². The van der Waals surface area contributed by atoms with Crippen LogP contribution in [0.3, 0.4) is 0 Å². The summed E-state index contributed by atoms with van der Waals surface area (Å²) in [7, 11) is 0. The van der Waals surface area contributed by atoms with E-state index in [-0.39, 0.29) is 24.2 Å². The second kappa shape index (κ2) is 11.6. The first-order valence-corrected chi connectivity index (χ1v) is 10.6. The highest BCUT2D eigenvalue weighted by Crippen LogP contribution is 2.14. The third-order valence-electron chi connectivity index (χ3n) is 4.90. The topological polar surface area (TPSA) is 85.2 Å². The number of nitrogens with one attached hydrogen (secondary N) is 2. The molecule has 6 nitrogen and oxygen atoms in total. The van der Waals surface area contributed by atoms with E-state index in [1.165, 1.54) is 12.1 Å². The minimum atomic E-state index is -0.336. The van der Waals surface area contributed by atoms with Crippen LogP contribution in [0.4, 0.5) is 10.1 Å². The van der Waals surface area contributed by atoms with Crippen molar-refractivity contribution >= 4 is 17.5 Å². The summed E-state index contributed by atoms with van der Waals surface area (Å²) >= 11 is 0. The van der Waals surface area contributed by atoms with Gasteiger partial charge in [-0.25, -0.2) is 4.39 Å².